The number of aliphatic hydroxyl groups excluding tert-OH is 1. The molecule has 2 aromatic carbocycles. The summed E-state index contributed by atoms with van der Waals surface area (Å²) in [6.07, 6.45) is 0.672. The summed E-state index contributed by atoms with van der Waals surface area (Å²) in [6, 6.07) is 16.2. The fourth-order valence-electron chi connectivity index (χ4n) is 2.48. The van der Waals surface area contributed by atoms with Crippen LogP contribution in [0.15, 0.2) is 59.5 Å². The third-order valence-corrected chi connectivity index (χ3v) is 5.65. The topological polar surface area (TPSA) is 83.5 Å². The summed E-state index contributed by atoms with van der Waals surface area (Å²) < 4.78 is 23.7. The predicted molar refractivity (Wildman–Crippen MR) is 96.7 cm³/mol. The zero-order valence-electron chi connectivity index (χ0n) is 14.2. The number of sulfone groups is 1. The van der Waals surface area contributed by atoms with E-state index in [0.29, 0.717) is 13.0 Å². The Hall–Kier alpha value is -2.18. The summed E-state index contributed by atoms with van der Waals surface area (Å²) in [5.74, 6) is -0.479. The number of carbonyl (C=O) groups is 1. The number of benzene rings is 2. The molecule has 2 N–H and O–H groups in total. The Morgan fingerprint density at radius 1 is 1.04 bits per heavy atom. The molecular formula is C19H23NO4S. The maximum absolute atomic E-state index is 12.2. The standard InChI is InChI=1S/C19H23NO4S/c1-15(13-16-5-3-2-4-6-16)19(22)20-14-17-7-9-18(10-8-17)25(23,24)12-11-21/h2-10,15,21H,11-14H2,1H3,(H,20,22). The van der Waals surface area contributed by atoms with Crippen molar-refractivity contribution in [2.24, 2.45) is 5.92 Å². The highest BCUT2D eigenvalue weighted by Crippen LogP contribution is 2.13. The van der Waals surface area contributed by atoms with Crippen molar-refractivity contribution in [1.82, 2.24) is 5.32 Å². The van der Waals surface area contributed by atoms with Crippen LogP contribution in [0, 0.1) is 5.92 Å². The number of aliphatic hydroxyl groups is 1. The average Bonchev–Trinajstić information content (AvgIpc) is 2.61. The van der Waals surface area contributed by atoms with Crippen LogP contribution in [0.3, 0.4) is 0 Å². The van der Waals surface area contributed by atoms with E-state index in [4.69, 9.17) is 5.11 Å². The molecule has 0 bridgehead atoms. The van der Waals surface area contributed by atoms with Gasteiger partial charge in [-0.25, -0.2) is 8.42 Å². The van der Waals surface area contributed by atoms with E-state index in [1.54, 1.807) is 12.1 Å². The molecule has 0 aliphatic heterocycles. The highest BCUT2D eigenvalue weighted by Gasteiger charge is 2.15. The molecule has 5 nitrogen and oxygen atoms in total. The highest BCUT2D eigenvalue weighted by atomic mass is 32.2. The second-order valence-electron chi connectivity index (χ2n) is 6.00. The van der Waals surface area contributed by atoms with E-state index in [-0.39, 0.29) is 22.5 Å². The predicted octanol–water partition coefficient (Wildman–Crippen LogP) is 1.95. The van der Waals surface area contributed by atoms with Gasteiger partial charge in [0.1, 0.15) is 0 Å². The molecule has 1 unspecified atom stereocenters. The van der Waals surface area contributed by atoms with Crippen LogP contribution < -0.4 is 5.32 Å². The molecule has 0 spiro atoms. The van der Waals surface area contributed by atoms with Crippen molar-refractivity contribution in [1.29, 1.82) is 0 Å². The molecule has 0 radical (unpaired) electrons. The van der Waals surface area contributed by atoms with Crippen molar-refractivity contribution in [3.05, 3.63) is 65.7 Å². The summed E-state index contributed by atoms with van der Waals surface area (Å²) in [4.78, 5) is 12.4. The average molecular weight is 361 g/mol. The van der Waals surface area contributed by atoms with Crippen molar-refractivity contribution in [3.63, 3.8) is 0 Å². The molecule has 0 aliphatic carbocycles. The van der Waals surface area contributed by atoms with E-state index in [0.717, 1.165) is 11.1 Å². The normalized spacial score (nSPS) is 12.6. The molecule has 6 heteroatoms. The van der Waals surface area contributed by atoms with Crippen LogP contribution in [-0.4, -0.2) is 31.8 Å². The Balaban J connectivity index is 1.89. The molecule has 1 amide bonds. The Morgan fingerprint density at radius 2 is 1.68 bits per heavy atom. The molecule has 0 heterocycles. The van der Waals surface area contributed by atoms with Gasteiger partial charge in [-0.1, -0.05) is 49.4 Å². The fraction of sp³-hybridized carbons (Fsp3) is 0.316. The first-order chi connectivity index (χ1) is 11.9. The first-order valence-electron chi connectivity index (χ1n) is 8.16. The van der Waals surface area contributed by atoms with E-state index in [1.165, 1.54) is 12.1 Å². The van der Waals surface area contributed by atoms with Crippen LogP contribution in [0.4, 0.5) is 0 Å². The van der Waals surface area contributed by atoms with E-state index in [2.05, 4.69) is 5.32 Å². The summed E-state index contributed by atoms with van der Waals surface area (Å²) >= 11 is 0. The zero-order chi connectivity index (χ0) is 18.3. The summed E-state index contributed by atoms with van der Waals surface area (Å²) in [5.41, 5.74) is 1.94. The number of hydrogen-bond donors (Lipinski definition) is 2. The summed E-state index contributed by atoms with van der Waals surface area (Å²) in [5, 5.41) is 11.7. The molecule has 0 aromatic heterocycles. The van der Waals surface area contributed by atoms with E-state index < -0.39 is 16.4 Å². The summed E-state index contributed by atoms with van der Waals surface area (Å²) in [6.45, 7) is 1.82. The molecule has 2 aromatic rings. The molecule has 0 fully saturated rings. The van der Waals surface area contributed by atoms with Crippen LogP contribution in [0.5, 0.6) is 0 Å². The van der Waals surface area contributed by atoms with Crippen LogP contribution >= 0.6 is 0 Å². The molecule has 0 aliphatic rings. The van der Waals surface area contributed by atoms with E-state index >= 15 is 0 Å². The maximum Gasteiger partial charge on any atom is 0.223 e. The monoisotopic (exact) mass is 361 g/mol. The van der Waals surface area contributed by atoms with Gasteiger partial charge in [0.05, 0.1) is 17.3 Å². The van der Waals surface area contributed by atoms with Crippen LogP contribution in [-0.2, 0) is 27.6 Å². The lowest BCUT2D eigenvalue weighted by Gasteiger charge is -2.12. The first kappa shape index (κ1) is 19.1. The van der Waals surface area contributed by atoms with Gasteiger partial charge in [0.15, 0.2) is 9.84 Å². The van der Waals surface area contributed by atoms with Crippen LogP contribution in [0.1, 0.15) is 18.1 Å². The van der Waals surface area contributed by atoms with Gasteiger partial charge < -0.3 is 10.4 Å². The molecular weight excluding hydrogens is 338 g/mol. The molecule has 25 heavy (non-hydrogen) atoms. The maximum atomic E-state index is 12.2. The SMILES string of the molecule is CC(Cc1ccccc1)C(=O)NCc1ccc(S(=O)(=O)CCO)cc1. The number of carbonyl (C=O) groups excluding carboxylic acids is 1. The third-order valence-electron chi connectivity index (χ3n) is 3.94. The van der Waals surface area contributed by atoms with Gasteiger partial charge in [-0.2, -0.15) is 0 Å². The second kappa shape index (κ2) is 8.78. The quantitative estimate of drug-likeness (QED) is 0.753. The number of amides is 1. The zero-order valence-corrected chi connectivity index (χ0v) is 15.0. The summed E-state index contributed by atoms with van der Waals surface area (Å²) in [7, 11) is -3.44. The number of hydrogen-bond acceptors (Lipinski definition) is 4. The van der Waals surface area contributed by atoms with Gasteiger partial charge >= 0.3 is 0 Å². The number of rotatable bonds is 8. The van der Waals surface area contributed by atoms with Crippen molar-refractivity contribution >= 4 is 15.7 Å². The van der Waals surface area contributed by atoms with Gasteiger partial charge in [-0.3, -0.25) is 4.79 Å². The van der Waals surface area contributed by atoms with Gasteiger partial charge in [-0.05, 0) is 29.7 Å². The van der Waals surface area contributed by atoms with Crippen molar-refractivity contribution in [3.8, 4) is 0 Å². The van der Waals surface area contributed by atoms with Gasteiger partial charge in [-0.15, -0.1) is 0 Å². The second-order valence-corrected chi connectivity index (χ2v) is 8.10. The fourth-order valence-corrected chi connectivity index (χ4v) is 3.50. The van der Waals surface area contributed by atoms with Gasteiger partial charge in [0.2, 0.25) is 5.91 Å². The molecule has 2 rings (SSSR count). The molecule has 0 saturated heterocycles. The van der Waals surface area contributed by atoms with Crippen LogP contribution in [0.25, 0.3) is 0 Å². The van der Waals surface area contributed by atoms with Gasteiger partial charge in [0, 0.05) is 12.5 Å². The lowest BCUT2D eigenvalue weighted by atomic mass is 10.0. The van der Waals surface area contributed by atoms with Crippen molar-refractivity contribution in [2.75, 3.05) is 12.4 Å². The van der Waals surface area contributed by atoms with E-state index in [1.807, 2.05) is 37.3 Å². The Morgan fingerprint density at radius 3 is 2.28 bits per heavy atom. The number of nitrogens with one attached hydrogen (secondary N) is 1. The Labute approximate surface area is 148 Å². The molecule has 0 saturated carbocycles. The van der Waals surface area contributed by atoms with Gasteiger partial charge in [0.25, 0.3) is 0 Å². The lowest BCUT2D eigenvalue weighted by Crippen LogP contribution is -2.29. The minimum Gasteiger partial charge on any atom is -0.395 e. The van der Waals surface area contributed by atoms with Crippen LogP contribution in [0.2, 0.25) is 0 Å². The Kier molecular flexibility index (Phi) is 6.73. The first-order valence-corrected chi connectivity index (χ1v) is 9.82. The minimum absolute atomic E-state index is 0.0409. The smallest absolute Gasteiger partial charge is 0.223 e. The Bertz CT molecular complexity index is 786. The lowest BCUT2D eigenvalue weighted by molar-refractivity contribution is -0.124. The third kappa shape index (κ3) is 5.69. The molecule has 1 atom stereocenters. The molecule has 134 valence electrons. The van der Waals surface area contributed by atoms with Crippen molar-refractivity contribution < 1.29 is 18.3 Å². The highest BCUT2D eigenvalue weighted by molar-refractivity contribution is 7.91. The minimum atomic E-state index is -3.44. The largest absolute Gasteiger partial charge is 0.395 e. The van der Waals surface area contributed by atoms with E-state index in [9.17, 15) is 13.2 Å². The van der Waals surface area contributed by atoms with Crippen molar-refractivity contribution in [2.45, 2.75) is 24.8 Å².